The third-order valence-electron chi connectivity index (χ3n) is 4.57. The summed E-state index contributed by atoms with van der Waals surface area (Å²) in [5, 5.41) is 0. The summed E-state index contributed by atoms with van der Waals surface area (Å²) in [4.78, 5) is 13.5. The molecule has 3 heteroatoms. The van der Waals surface area contributed by atoms with Crippen LogP contribution < -0.4 is 4.90 Å². The van der Waals surface area contributed by atoms with Crippen molar-refractivity contribution < 1.29 is 9.53 Å². The van der Waals surface area contributed by atoms with Crippen LogP contribution in [0.25, 0.3) is 5.57 Å². The van der Waals surface area contributed by atoms with Gasteiger partial charge in [0.05, 0.1) is 7.11 Å². The van der Waals surface area contributed by atoms with Crippen molar-refractivity contribution in [3.8, 4) is 0 Å². The van der Waals surface area contributed by atoms with Crippen LogP contribution in [-0.2, 0) is 9.53 Å². The Bertz CT molecular complexity index is 698. The van der Waals surface area contributed by atoms with Crippen LogP contribution in [0.1, 0.15) is 44.2 Å². The molecule has 1 atom stereocenters. The first kappa shape index (κ1) is 18.1. The number of benzene rings is 1. The number of hydrogen-bond acceptors (Lipinski definition) is 3. The van der Waals surface area contributed by atoms with Gasteiger partial charge in [0.25, 0.3) is 0 Å². The van der Waals surface area contributed by atoms with E-state index in [4.69, 9.17) is 0 Å². The molecule has 0 saturated carbocycles. The molecule has 0 N–H and O–H groups in total. The molecular formula is C21H27NO2. The molecule has 1 heterocycles. The van der Waals surface area contributed by atoms with Gasteiger partial charge in [-0.3, -0.25) is 0 Å². The van der Waals surface area contributed by atoms with Gasteiger partial charge in [0.15, 0.2) is 0 Å². The summed E-state index contributed by atoms with van der Waals surface area (Å²) >= 11 is 0. The average Bonchev–Trinajstić information content (AvgIpc) is 2.57. The minimum atomic E-state index is -0.328. The maximum Gasteiger partial charge on any atom is 0.330 e. The maximum absolute atomic E-state index is 11.2. The fourth-order valence-electron chi connectivity index (χ4n) is 2.94. The number of allylic oxidation sites excluding steroid dienone is 5. The summed E-state index contributed by atoms with van der Waals surface area (Å²) in [5.41, 5.74) is 6.10. The van der Waals surface area contributed by atoms with E-state index < -0.39 is 0 Å². The second-order valence-corrected chi connectivity index (χ2v) is 6.51. The Hall–Kier alpha value is -2.29. The number of anilines is 1. The van der Waals surface area contributed by atoms with Crippen LogP contribution in [0.5, 0.6) is 0 Å². The highest BCUT2D eigenvalue weighted by atomic mass is 16.5. The third-order valence-corrected chi connectivity index (χ3v) is 4.57. The lowest BCUT2D eigenvalue weighted by Crippen LogP contribution is -2.26. The normalized spacial score (nSPS) is 18.7. The Morgan fingerprint density at radius 1 is 1.33 bits per heavy atom. The predicted octanol–water partition coefficient (Wildman–Crippen LogP) is 4.71. The van der Waals surface area contributed by atoms with Crippen LogP contribution >= 0.6 is 0 Å². The van der Waals surface area contributed by atoms with Gasteiger partial charge < -0.3 is 9.64 Å². The molecule has 0 saturated heterocycles. The Labute approximate surface area is 145 Å². The largest absolute Gasteiger partial charge is 0.466 e. The summed E-state index contributed by atoms with van der Waals surface area (Å²) in [7, 11) is 3.54. The van der Waals surface area contributed by atoms with Gasteiger partial charge in [-0.2, -0.15) is 0 Å². The topological polar surface area (TPSA) is 29.5 Å². The number of methoxy groups -OCH3 is 1. The molecule has 0 aromatic heterocycles. The minimum absolute atomic E-state index is 0.328. The van der Waals surface area contributed by atoms with Crippen molar-refractivity contribution in [2.45, 2.75) is 33.1 Å². The predicted molar refractivity (Wildman–Crippen MR) is 101 cm³/mol. The molecule has 24 heavy (non-hydrogen) atoms. The highest BCUT2D eigenvalue weighted by Gasteiger charge is 2.20. The first-order valence-corrected chi connectivity index (χ1v) is 8.39. The molecule has 0 fully saturated rings. The number of nitrogens with zero attached hydrogens (tertiary/aromatic N) is 1. The van der Waals surface area contributed by atoms with Crippen LogP contribution in [0.3, 0.4) is 0 Å². The molecule has 0 aliphatic carbocycles. The van der Waals surface area contributed by atoms with E-state index in [2.05, 4.69) is 54.8 Å². The Kier molecular flexibility index (Phi) is 6.02. The van der Waals surface area contributed by atoms with Crippen molar-refractivity contribution in [2.75, 3.05) is 25.6 Å². The number of fused-ring (bicyclic) bond motifs is 1. The lowest BCUT2D eigenvalue weighted by molar-refractivity contribution is -0.134. The van der Waals surface area contributed by atoms with E-state index in [1.165, 1.54) is 42.0 Å². The molecule has 0 radical (unpaired) electrons. The highest BCUT2D eigenvalue weighted by Crippen LogP contribution is 2.35. The molecule has 2 rings (SSSR count). The fraction of sp³-hybridized carbons (Fsp3) is 0.381. The summed E-state index contributed by atoms with van der Waals surface area (Å²) in [6.45, 7) is 7.42. The quantitative estimate of drug-likeness (QED) is 0.456. The number of rotatable bonds is 4. The fourth-order valence-corrected chi connectivity index (χ4v) is 2.94. The molecule has 0 amide bonds. The zero-order chi connectivity index (χ0) is 17.7. The Morgan fingerprint density at radius 2 is 2.08 bits per heavy atom. The second kappa shape index (κ2) is 8.00. The standard InChI is InChI=1S/C21H27NO2/c1-15(13-21(23)24-5)7-6-8-16(2)18-9-10-20-19(14-18)17(3)11-12-22(20)4/h6-10,13-14,17H,11-12H2,1-5H3. The monoisotopic (exact) mass is 325 g/mol. The van der Waals surface area contributed by atoms with Crippen molar-refractivity contribution in [3.63, 3.8) is 0 Å². The van der Waals surface area contributed by atoms with Crippen molar-refractivity contribution in [3.05, 3.63) is 59.2 Å². The maximum atomic E-state index is 11.2. The molecule has 1 aromatic rings. The van der Waals surface area contributed by atoms with Gasteiger partial charge in [-0.1, -0.05) is 31.2 Å². The lowest BCUT2D eigenvalue weighted by Gasteiger charge is -2.32. The van der Waals surface area contributed by atoms with Crippen LogP contribution in [0.15, 0.2) is 48.1 Å². The molecular weight excluding hydrogens is 298 g/mol. The van der Waals surface area contributed by atoms with E-state index >= 15 is 0 Å². The van der Waals surface area contributed by atoms with Gasteiger partial charge >= 0.3 is 5.97 Å². The van der Waals surface area contributed by atoms with Gasteiger partial charge in [0.1, 0.15) is 0 Å². The zero-order valence-corrected chi connectivity index (χ0v) is 15.3. The first-order valence-electron chi connectivity index (χ1n) is 8.39. The van der Waals surface area contributed by atoms with E-state index in [0.29, 0.717) is 5.92 Å². The van der Waals surface area contributed by atoms with E-state index in [1.807, 2.05) is 19.1 Å². The molecule has 1 unspecified atom stereocenters. The van der Waals surface area contributed by atoms with Gasteiger partial charge in [-0.05, 0) is 60.6 Å². The Morgan fingerprint density at radius 3 is 2.79 bits per heavy atom. The van der Waals surface area contributed by atoms with Crippen LogP contribution in [0.4, 0.5) is 5.69 Å². The minimum Gasteiger partial charge on any atom is -0.466 e. The SMILES string of the molecule is COC(=O)C=C(C)C=CC=C(C)c1ccc2c(c1)C(C)CCN2C. The van der Waals surface area contributed by atoms with E-state index in [0.717, 1.165) is 12.1 Å². The van der Waals surface area contributed by atoms with Crippen molar-refractivity contribution >= 4 is 17.2 Å². The molecule has 0 spiro atoms. The van der Waals surface area contributed by atoms with Crippen molar-refractivity contribution in [2.24, 2.45) is 0 Å². The molecule has 0 bridgehead atoms. The molecule has 1 aliphatic rings. The smallest absolute Gasteiger partial charge is 0.330 e. The van der Waals surface area contributed by atoms with Crippen LogP contribution in [0.2, 0.25) is 0 Å². The molecule has 1 aromatic carbocycles. The highest BCUT2D eigenvalue weighted by molar-refractivity contribution is 5.83. The molecule has 1 aliphatic heterocycles. The summed E-state index contributed by atoms with van der Waals surface area (Å²) in [6, 6.07) is 6.72. The number of esters is 1. The second-order valence-electron chi connectivity index (χ2n) is 6.51. The van der Waals surface area contributed by atoms with Crippen molar-refractivity contribution in [1.82, 2.24) is 0 Å². The average molecular weight is 325 g/mol. The zero-order valence-electron chi connectivity index (χ0n) is 15.3. The number of carbonyl (C=O) groups excluding carboxylic acids is 1. The molecule has 3 nitrogen and oxygen atoms in total. The number of carbonyl (C=O) groups is 1. The molecule has 128 valence electrons. The van der Waals surface area contributed by atoms with E-state index in [-0.39, 0.29) is 5.97 Å². The Balaban J connectivity index is 2.18. The van der Waals surface area contributed by atoms with E-state index in [1.54, 1.807) is 0 Å². The summed E-state index contributed by atoms with van der Waals surface area (Å²) < 4.78 is 4.62. The van der Waals surface area contributed by atoms with Gasteiger partial charge in [0.2, 0.25) is 0 Å². The van der Waals surface area contributed by atoms with Gasteiger partial charge in [0, 0.05) is 25.4 Å². The number of ether oxygens (including phenoxy) is 1. The van der Waals surface area contributed by atoms with Gasteiger partial charge in [-0.15, -0.1) is 0 Å². The van der Waals surface area contributed by atoms with Gasteiger partial charge in [-0.25, -0.2) is 4.79 Å². The summed E-state index contributed by atoms with van der Waals surface area (Å²) in [6.07, 6.45) is 8.64. The summed E-state index contributed by atoms with van der Waals surface area (Å²) in [5.74, 6) is 0.273. The van der Waals surface area contributed by atoms with Crippen LogP contribution in [0, 0.1) is 0 Å². The third kappa shape index (κ3) is 4.38. The van der Waals surface area contributed by atoms with Crippen LogP contribution in [-0.4, -0.2) is 26.7 Å². The first-order chi connectivity index (χ1) is 11.4. The van der Waals surface area contributed by atoms with E-state index in [9.17, 15) is 4.79 Å². The van der Waals surface area contributed by atoms with Crippen molar-refractivity contribution in [1.29, 1.82) is 0 Å². The lowest BCUT2D eigenvalue weighted by atomic mass is 9.89. The number of hydrogen-bond donors (Lipinski definition) is 0.